The Morgan fingerprint density at radius 3 is 2.53 bits per heavy atom. The van der Waals surface area contributed by atoms with Crippen molar-refractivity contribution in [1.82, 2.24) is 25.1 Å². The van der Waals surface area contributed by atoms with Crippen molar-refractivity contribution in [3.63, 3.8) is 0 Å². The van der Waals surface area contributed by atoms with Gasteiger partial charge in [-0.15, -0.1) is 0 Å². The normalized spacial score (nSPS) is 29.4. The van der Waals surface area contributed by atoms with E-state index >= 15 is 4.39 Å². The number of pyridine rings is 1. The van der Waals surface area contributed by atoms with Crippen LogP contribution in [0.1, 0.15) is 43.7 Å². The molecule has 3 heterocycles. The molecule has 0 spiro atoms. The third-order valence-electron chi connectivity index (χ3n) is 7.44. The molecular weight excluding hydrogens is 456 g/mol. The van der Waals surface area contributed by atoms with Gasteiger partial charge in [-0.2, -0.15) is 5.10 Å². The lowest BCUT2D eigenvalue weighted by atomic mass is 9.61. The van der Waals surface area contributed by atoms with E-state index in [-0.39, 0.29) is 40.2 Å². The Bertz CT molecular complexity index is 1310. The Morgan fingerprint density at radius 2 is 1.85 bits per heavy atom. The van der Waals surface area contributed by atoms with Gasteiger partial charge < -0.3 is 10.4 Å². The minimum atomic E-state index is -3.10. The van der Waals surface area contributed by atoms with E-state index in [1.807, 2.05) is 0 Å². The first-order valence-electron chi connectivity index (χ1n) is 11.2. The van der Waals surface area contributed by atoms with Gasteiger partial charge in [0.1, 0.15) is 11.5 Å². The van der Waals surface area contributed by atoms with Crippen molar-refractivity contribution in [3.05, 3.63) is 29.6 Å². The van der Waals surface area contributed by atoms with Gasteiger partial charge in [0, 0.05) is 12.5 Å². The zero-order valence-corrected chi connectivity index (χ0v) is 17.7. The molecule has 4 saturated carbocycles. The number of fused-ring (bicyclic) bond motifs is 4. The average molecular weight is 476 g/mol. The first-order chi connectivity index (χ1) is 16.2. The van der Waals surface area contributed by atoms with E-state index in [4.69, 9.17) is 0 Å². The summed E-state index contributed by atoms with van der Waals surface area (Å²) in [5.74, 6) is -8.46. The number of rotatable bonds is 5. The van der Waals surface area contributed by atoms with Crippen LogP contribution >= 0.6 is 0 Å². The minimum absolute atomic E-state index is 0.000703. The highest BCUT2D eigenvalue weighted by Crippen LogP contribution is 2.56. The monoisotopic (exact) mass is 476 g/mol. The van der Waals surface area contributed by atoms with Crippen LogP contribution in [-0.4, -0.2) is 48.2 Å². The van der Waals surface area contributed by atoms with E-state index < -0.39 is 53.5 Å². The Labute approximate surface area is 190 Å². The molecule has 4 fully saturated rings. The van der Waals surface area contributed by atoms with Crippen molar-refractivity contribution in [2.75, 3.05) is 5.32 Å². The Kier molecular flexibility index (Phi) is 4.59. The molecule has 178 valence electrons. The van der Waals surface area contributed by atoms with E-state index in [0.29, 0.717) is 0 Å². The maximum absolute atomic E-state index is 15.5. The molecule has 4 aliphatic rings. The van der Waals surface area contributed by atoms with Crippen LogP contribution in [0, 0.1) is 29.4 Å². The number of H-pyrrole nitrogens is 1. The lowest BCUT2D eigenvalue weighted by molar-refractivity contribution is -0.148. The lowest BCUT2D eigenvalue weighted by Crippen LogP contribution is -2.51. The highest BCUT2D eigenvalue weighted by atomic mass is 19.3. The minimum Gasteiger partial charge on any atom is -0.481 e. The van der Waals surface area contributed by atoms with Crippen molar-refractivity contribution in [3.8, 4) is 11.5 Å². The van der Waals surface area contributed by atoms with Crippen LogP contribution in [0.25, 0.3) is 22.6 Å². The molecule has 3 aromatic heterocycles. The Balaban J connectivity index is 1.46. The van der Waals surface area contributed by atoms with Crippen LogP contribution in [-0.2, 0) is 4.79 Å². The summed E-state index contributed by atoms with van der Waals surface area (Å²) in [7, 11) is 0. The van der Waals surface area contributed by atoms with E-state index in [2.05, 4.69) is 30.5 Å². The smallest absolute Gasteiger partial charge is 0.308 e. The van der Waals surface area contributed by atoms with Crippen LogP contribution in [0.3, 0.4) is 0 Å². The first-order valence-corrected chi connectivity index (χ1v) is 11.2. The number of halogens is 4. The molecule has 0 amide bonds. The van der Waals surface area contributed by atoms with Crippen LogP contribution < -0.4 is 5.32 Å². The largest absolute Gasteiger partial charge is 0.481 e. The maximum Gasteiger partial charge on any atom is 0.308 e. The topological polar surface area (TPSA) is 117 Å². The number of nitrogens with zero attached hydrogens (tertiary/aromatic N) is 4. The first kappa shape index (κ1) is 21.2. The summed E-state index contributed by atoms with van der Waals surface area (Å²) < 4.78 is 57.1. The number of nitrogens with one attached hydrogen (secondary N) is 2. The molecule has 3 aromatic rings. The fourth-order valence-corrected chi connectivity index (χ4v) is 5.63. The summed E-state index contributed by atoms with van der Waals surface area (Å²) >= 11 is 0. The second kappa shape index (κ2) is 7.34. The average Bonchev–Trinajstić information content (AvgIpc) is 3.24. The van der Waals surface area contributed by atoms with Gasteiger partial charge in [0.2, 0.25) is 0 Å². The summed E-state index contributed by atoms with van der Waals surface area (Å²) in [6, 6.07) is 0.553. The van der Waals surface area contributed by atoms with E-state index in [0.717, 1.165) is 37.9 Å². The van der Waals surface area contributed by atoms with Crippen molar-refractivity contribution in [2.24, 2.45) is 17.8 Å². The van der Waals surface area contributed by atoms with Gasteiger partial charge >= 0.3 is 5.97 Å². The number of carbonyl (C=O) groups is 1. The van der Waals surface area contributed by atoms with Crippen LogP contribution in [0.15, 0.2) is 12.3 Å². The van der Waals surface area contributed by atoms with Gasteiger partial charge in [0.15, 0.2) is 23.1 Å². The zero-order chi connectivity index (χ0) is 23.8. The number of anilines is 1. The SMILES string of the molecule is O=C(O)[C@H]1C2CCC(CC2)[C@@H]1Nc1nc(-c2n[nH]c3ncc(F)cc23)nc(C2CC2(F)F)c1F. The molecular formula is C22H20F4N6O2. The van der Waals surface area contributed by atoms with Crippen LogP contribution in [0.5, 0.6) is 0 Å². The number of hydrogen-bond donors (Lipinski definition) is 3. The summed E-state index contributed by atoms with van der Waals surface area (Å²) in [4.78, 5) is 24.2. The molecule has 12 heteroatoms. The van der Waals surface area contributed by atoms with Crippen molar-refractivity contribution < 1.29 is 27.5 Å². The Morgan fingerprint density at radius 1 is 1.15 bits per heavy atom. The highest BCUT2D eigenvalue weighted by Gasteiger charge is 2.60. The van der Waals surface area contributed by atoms with Gasteiger partial charge in [-0.3, -0.25) is 9.89 Å². The summed E-state index contributed by atoms with van der Waals surface area (Å²) in [5.41, 5.74) is -0.200. The summed E-state index contributed by atoms with van der Waals surface area (Å²) in [6.45, 7) is 0. The van der Waals surface area contributed by atoms with Gasteiger partial charge in [0.05, 0.1) is 29.1 Å². The molecule has 0 radical (unpaired) electrons. The number of aliphatic carboxylic acids is 1. The van der Waals surface area contributed by atoms with Crippen molar-refractivity contribution in [2.45, 2.75) is 50.0 Å². The molecule has 2 bridgehead atoms. The lowest BCUT2D eigenvalue weighted by Gasteiger charge is -2.47. The van der Waals surface area contributed by atoms with Crippen LogP contribution in [0.4, 0.5) is 23.4 Å². The number of aromatic amines is 1. The molecule has 3 atom stereocenters. The van der Waals surface area contributed by atoms with E-state index in [1.165, 1.54) is 0 Å². The fraction of sp³-hybridized carbons (Fsp3) is 0.500. The standard InChI is InChI=1S/C22H20F4N6O2/c23-10-5-11-16(31-32-18(11)27-7-10)20-29-17(12-6-22(12,25)26)14(24)19(30-20)28-15-9-3-1-8(2-4-9)13(15)21(33)34/h5,7-9,12-13,15H,1-4,6H2,(H,33,34)(H,27,31,32)(H,28,29,30)/t8?,9?,12?,13-,15-/m0/s1. The molecule has 0 aromatic carbocycles. The van der Waals surface area contributed by atoms with Crippen molar-refractivity contribution >= 4 is 22.8 Å². The highest BCUT2D eigenvalue weighted by molar-refractivity contribution is 5.88. The quantitative estimate of drug-likeness (QED) is 0.475. The Hall–Kier alpha value is -3.31. The maximum atomic E-state index is 15.5. The molecule has 0 aliphatic heterocycles. The van der Waals surface area contributed by atoms with Gasteiger partial charge in [0.25, 0.3) is 5.92 Å². The number of carboxylic acid groups (broad SMARTS) is 1. The number of aromatic nitrogens is 5. The number of hydrogen-bond acceptors (Lipinski definition) is 6. The third-order valence-corrected chi connectivity index (χ3v) is 7.44. The van der Waals surface area contributed by atoms with E-state index in [9.17, 15) is 23.1 Å². The van der Waals surface area contributed by atoms with Crippen molar-refractivity contribution in [1.29, 1.82) is 0 Å². The molecule has 4 aliphatic carbocycles. The van der Waals surface area contributed by atoms with Gasteiger partial charge in [-0.25, -0.2) is 32.5 Å². The molecule has 34 heavy (non-hydrogen) atoms. The summed E-state index contributed by atoms with van der Waals surface area (Å²) in [5, 5.41) is 19.6. The van der Waals surface area contributed by atoms with Gasteiger partial charge in [-0.05, 0) is 43.6 Å². The summed E-state index contributed by atoms with van der Waals surface area (Å²) in [6.07, 6.45) is 3.61. The molecule has 7 rings (SSSR count). The second-order valence-electron chi connectivity index (χ2n) is 9.44. The predicted molar refractivity (Wildman–Crippen MR) is 111 cm³/mol. The number of carboxylic acids is 1. The number of alkyl halides is 2. The second-order valence-corrected chi connectivity index (χ2v) is 9.44. The predicted octanol–water partition coefficient (Wildman–Crippen LogP) is 4.12. The molecule has 1 unspecified atom stereocenters. The van der Waals surface area contributed by atoms with Crippen LogP contribution in [0.2, 0.25) is 0 Å². The third kappa shape index (κ3) is 3.30. The van der Waals surface area contributed by atoms with E-state index in [1.54, 1.807) is 0 Å². The molecule has 0 saturated heterocycles. The molecule has 8 nitrogen and oxygen atoms in total. The molecule has 3 N–H and O–H groups in total. The van der Waals surface area contributed by atoms with Gasteiger partial charge in [-0.1, -0.05) is 0 Å². The fourth-order valence-electron chi connectivity index (χ4n) is 5.63. The zero-order valence-electron chi connectivity index (χ0n) is 17.7.